The Balaban J connectivity index is 2.96. The number of hydrogen-bond donors (Lipinski definition) is 0. The minimum absolute atomic E-state index is 0.0945. The summed E-state index contributed by atoms with van der Waals surface area (Å²) in [5, 5.41) is 0. The van der Waals surface area contributed by atoms with Gasteiger partial charge < -0.3 is 9.47 Å². The Bertz CT molecular complexity index is 447. The van der Waals surface area contributed by atoms with E-state index < -0.39 is 0 Å². The summed E-state index contributed by atoms with van der Waals surface area (Å²) in [6.07, 6.45) is 0.814. The molecule has 0 saturated carbocycles. The third-order valence-electron chi connectivity index (χ3n) is 3.32. The molecule has 0 N–H and O–H groups in total. The molecular formula is C17H27O2S. The number of benzene rings is 1. The summed E-state index contributed by atoms with van der Waals surface area (Å²) in [5.41, 5.74) is 1.64. The molecule has 0 saturated heterocycles. The maximum Gasteiger partial charge on any atom is 0.196 e. The molecule has 1 aromatic rings. The van der Waals surface area contributed by atoms with Crippen LogP contribution in [0.5, 0.6) is 5.75 Å². The molecular weight excluding hydrogens is 268 g/mol. The third kappa shape index (κ3) is 4.95. The third-order valence-corrected chi connectivity index (χ3v) is 3.64. The van der Waals surface area contributed by atoms with Gasteiger partial charge in [-0.3, -0.25) is 0 Å². The smallest absolute Gasteiger partial charge is 0.196 e. The zero-order valence-electron chi connectivity index (χ0n) is 13.7. The van der Waals surface area contributed by atoms with Crippen LogP contribution in [0, 0.1) is 5.41 Å². The van der Waals surface area contributed by atoms with Crippen LogP contribution in [-0.2, 0) is 10.2 Å². The van der Waals surface area contributed by atoms with E-state index in [2.05, 4.69) is 46.8 Å². The topological polar surface area (TPSA) is 18.5 Å². The molecule has 0 aromatic heterocycles. The predicted molar refractivity (Wildman–Crippen MR) is 86.5 cm³/mol. The Labute approximate surface area is 129 Å². The summed E-state index contributed by atoms with van der Waals surface area (Å²) in [6, 6.07) is 6.12. The van der Waals surface area contributed by atoms with E-state index in [-0.39, 0.29) is 17.1 Å². The van der Waals surface area contributed by atoms with Crippen LogP contribution in [0.15, 0.2) is 23.1 Å². The zero-order valence-corrected chi connectivity index (χ0v) is 14.6. The second-order valence-corrected chi connectivity index (χ2v) is 7.64. The van der Waals surface area contributed by atoms with Crippen molar-refractivity contribution in [2.24, 2.45) is 5.41 Å². The molecule has 0 amide bonds. The van der Waals surface area contributed by atoms with Gasteiger partial charge in [0.2, 0.25) is 0 Å². The van der Waals surface area contributed by atoms with E-state index in [0.717, 1.165) is 11.3 Å². The second-order valence-electron chi connectivity index (χ2n) is 7.20. The fourth-order valence-electron chi connectivity index (χ4n) is 2.68. The summed E-state index contributed by atoms with van der Waals surface area (Å²) < 4.78 is 10.7. The highest BCUT2D eigenvalue weighted by molar-refractivity contribution is 7.80. The first-order chi connectivity index (χ1) is 9.05. The lowest BCUT2D eigenvalue weighted by atomic mass is 9.72. The van der Waals surface area contributed by atoms with Crippen LogP contribution in [0.3, 0.4) is 0 Å². The van der Waals surface area contributed by atoms with E-state index in [0.29, 0.717) is 5.75 Å². The van der Waals surface area contributed by atoms with Crippen molar-refractivity contribution in [1.82, 2.24) is 0 Å². The molecule has 1 rings (SSSR count). The molecule has 1 unspecified atom stereocenters. The van der Waals surface area contributed by atoms with Gasteiger partial charge in [-0.05, 0) is 41.9 Å². The first-order valence-electron chi connectivity index (χ1n) is 7.06. The SMILES string of the molecule is COC(C)Oc1ccc(C(C)(C)CC(C)(C)C)cc1[S]. The highest BCUT2D eigenvalue weighted by Crippen LogP contribution is 2.38. The van der Waals surface area contributed by atoms with Crippen LogP contribution in [0.2, 0.25) is 0 Å². The van der Waals surface area contributed by atoms with Crippen LogP contribution in [0.4, 0.5) is 0 Å². The van der Waals surface area contributed by atoms with E-state index in [1.165, 1.54) is 5.56 Å². The zero-order chi connectivity index (χ0) is 15.6. The normalized spacial score (nSPS) is 14.2. The Hall–Kier alpha value is -0.800. The summed E-state index contributed by atoms with van der Waals surface area (Å²) in [7, 11) is 1.62. The molecule has 0 heterocycles. The van der Waals surface area contributed by atoms with E-state index in [9.17, 15) is 0 Å². The quantitative estimate of drug-likeness (QED) is 0.684. The number of ether oxygens (including phenoxy) is 2. The van der Waals surface area contributed by atoms with Gasteiger partial charge in [-0.25, -0.2) is 0 Å². The highest BCUT2D eigenvalue weighted by atomic mass is 32.1. The van der Waals surface area contributed by atoms with Crippen molar-refractivity contribution in [1.29, 1.82) is 0 Å². The summed E-state index contributed by atoms with van der Waals surface area (Å²) in [5.74, 6) is 0.713. The van der Waals surface area contributed by atoms with Gasteiger partial charge in [0.25, 0.3) is 0 Å². The lowest BCUT2D eigenvalue weighted by Crippen LogP contribution is -2.25. The Kier molecular flexibility index (Phi) is 5.45. The monoisotopic (exact) mass is 295 g/mol. The van der Waals surface area contributed by atoms with Crippen molar-refractivity contribution in [3.05, 3.63) is 23.8 Å². The molecule has 0 spiro atoms. The number of rotatable bonds is 5. The maximum absolute atomic E-state index is 5.64. The van der Waals surface area contributed by atoms with Crippen molar-refractivity contribution >= 4 is 12.6 Å². The van der Waals surface area contributed by atoms with Crippen LogP contribution in [-0.4, -0.2) is 13.4 Å². The van der Waals surface area contributed by atoms with Gasteiger partial charge >= 0.3 is 0 Å². The predicted octanol–water partition coefficient (Wildman–Crippen LogP) is 5.33. The number of hydrogen-bond acceptors (Lipinski definition) is 2. The van der Waals surface area contributed by atoms with Gasteiger partial charge in [-0.2, -0.15) is 0 Å². The van der Waals surface area contributed by atoms with Gasteiger partial charge in [0.1, 0.15) is 5.75 Å². The van der Waals surface area contributed by atoms with Crippen LogP contribution in [0.25, 0.3) is 0 Å². The average Bonchev–Trinajstić information content (AvgIpc) is 2.28. The second kappa shape index (κ2) is 6.31. The Morgan fingerprint density at radius 1 is 1.15 bits per heavy atom. The molecule has 1 radical (unpaired) electrons. The summed E-state index contributed by atoms with van der Waals surface area (Å²) in [6.45, 7) is 13.2. The fourth-order valence-corrected chi connectivity index (χ4v) is 2.92. The Morgan fingerprint density at radius 2 is 1.75 bits per heavy atom. The maximum atomic E-state index is 5.64. The first-order valence-corrected chi connectivity index (χ1v) is 7.47. The van der Waals surface area contributed by atoms with Gasteiger partial charge in [-0.15, -0.1) is 0 Å². The minimum atomic E-state index is -0.287. The molecule has 3 heteroatoms. The summed E-state index contributed by atoms with van der Waals surface area (Å²) in [4.78, 5) is 0.744. The Morgan fingerprint density at radius 3 is 2.20 bits per heavy atom. The van der Waals surface area contributed by atoms with E-state index >= 15 is 0 Å². The van der Waals surface area contributed by atoms with E-state index in [4.69, 9.17) is 22.1 Å². The number of methoxy groups -OCH3 is 1. The van der Waals surface area contributed by atoms with Crippen molar-refractivity contribution in [2.75, 3.05) is 7.11 Å². The van der Waals surface area contributed by atoms with Crippen LogP contribution < -0.4 is 4.74 Å². The fraction of sp³-hybridized carbons (Fsp3) is 0.647. The van der Waals surface area contributed by atoms with Crippen molar-refractivity contribution < 1.29 is 9.47 Å². The van der Waals surface area contributed by atoms with Crippen LogP contribution >= 0.6 is 12.6 Å². The molecule has 0 fully saturated rings. The van der Waals surface area contributed by atoms with Gasteiger partial charge in [-0.1, -0.05) is 53.3 Å². The van der Waals surface area contributed by atoms with Gasteiger partial charge in [0.15, 0.2) is 6.29 Å². The van der Waals surface area contributed by atoms with Crippen molar-refractivity contribution in [2.45, 2.75) is 64.6 Å². The highest BCUT2D eigenvalue weighted by Gasteiger charge is 2.27. The molecule has 113 valence electrons. The molecule has 0 aliphatic rings. The first kappa shape index (κ1) is 17.3. The molecule has 1 atom stereocenters. The summed E-state index contributed by atoms with van der Waals surface area (Å²) >= 11 is 5.44. The van der Waals surface area contributed by atoms with Crippen molar-refractivity contribution in [3.63, 3.8) is 0 Å². The molecule has 20 heavy (non-hydrogen) atoms. The lowest BCUT2D eigenvalue weighted by molar-refractivity contribution is -0.0399. The largest absolute Gasteiger partial charge is 0.464 e. The standard InChI is InChI=1S/C17H27O2S/c1-12(18-7)19-14-9-8-13(10-15(14)20)17(5,6)11-16(2,3)4/h8-10,12H,11H2,1-7H3. The van der Waals surface area contributed by atoms with E-state index in [1.54, 1.807) is 7.11 Å². The van der Waals surface area contributed by atoms with E-state index in [1.807, 2.05) is 13.0 Å². The van der Waals surface area contributed by atoms with Gasteiger partial charge in [0, 0.05) is 7.11 Å². The minimum Gasteiger partial charge on any atom is -0.464 e. The average molecular weight is 295 g/mol. The van der Waals surface area contributed by atoms with Gasteiger partial charge in [0.05, 0.1) is 4.90 Å². The molecule has 0 aliphatic carbocycles. The molecule has 2 nitrogen and oxygen atoms in total. The van der Waals surface area contributed by atoms with Crippen molar-refractivity contribution in [3.8, 4) is 5.75 Å². The molecule has 1 aromatic carbocycles. The molecule has 0 aliphatic heterocycles. The lowest BCUT2D eigenvalue weighted by Gasteiger charge is -2.33. The van der Waals surface area contributed by atoms with Crippen LogP contribution in [0.1, 0.15) is 53.5 Å². The molecule has 0 bridgehead atoms.